The normalized spacial score (nSPS) is 8.47. The minimum atomic E-state index is -0.187. The predicted molar refractivity (Wildman–Crippen MR) is 68.9 cm³/mol. The van der Waals surface area contributed by atoms with Crippen molar-refractivity contribution in [3.8, 4) is 0 Å². The maximum atomic E-state index is 10.6. The van der Waals surface area contributed by atoms with Crippen LogP contribution >= 0.6 is 0 Å². The van der Waals surface area contributed by atoms with E-state index in [0.29, 0.717) is 24.2 Å². The summed E-state index contributed by atoms with van der Waals surface area (Å²) >= 11 is 0. The third-order valence-electron chi connectivity index (χ3n) is 1.47. The second-order valence-electron chi connectivity index (χ2n) is 3.32. The lowest BCUT2D eigenvalue weighted by Gasteiger charge is -1.99. The average Bonchev–Trinajstić information content (AvgIpc) is 2.26. The van der Waals surface area contributed by atoms with Gasteiger partial charge in [-0.05, 0) is 13.8 Å². The summed E-state index contributed by atoms with van der Waals surface area (Å²) in [5, 5.41) is 4.95. The first-order valence-corrected chi connectivity index (χ1v) is 5.14. The second kappa shape index (κ2) is 10.8. The molecule has 0 unspecified atom stereocenters. The molecule has 0 aromatic rings. The highest BCUT2D eigenvalue weighted by atomic mass is 16.2. The van der Waals surface area contributed by atoms with Crippen LogP contribution in [0, 0.1) is 0 Å². The fraction of sp³-hybridized carbons (Fsp3) is 0.455. The summed E-state index contributed by atoms with van der Waals surface area (Å²) in [5.74, 6) is -0.312. The predicted octanol–water partition coefficient (Wildman–Crippen LogP) is -0.768. The molecule has 0 bridgehead atoms. The monoisotopic (exact) mass is 242 g/mol. The highest BCUT2D eigenvalue weighted by Crippen LogP contribution is 1.83. The number of hydrogen-bond donors (Lipinski definition) is 4. The van der Waals surface area contributed by atoms with Crippen molar-refractivity contribution in [3.63, 3.8) is 0 Å². The van der Waals surface area contributed by atoms with E-state index in [4.69, 9.17) is 11.5 Å². The van der Waals surface area contributed by atoms with Gasteiger partial charge >= 0.3 is 0 Å². The molecule has 0 atom stereocenters. The van der Waals surface area contributed by atoms with Crippen molar-refractivity contribution in [2.24, 2.45) is 11.5 Å². The maximum absolute atomic E-state index is 10.6. The summed E-state index contributed by atoms with van der Waals surface area (Å²) in [6.45, 7) is 11.3. The van der Waals surface area contributed by atoms with Gasteiger partial charge in [-0.2, -0.15) is 0 Å². The van der Waals surface area contributed by atoms with Crippen molar-refractivity contribution >= 4 is 11.8 Å². The van der Waals surface area contributed by atoms with Crippen molar-refractivity contribution in [2.75, 3.05) is 19.8 Å². The number of carbonyl (C=O) groups is 2. The standard InChI is InChI=1S/C6H12N2O.C5H10N2O/c1-5(2)6(9)8-4-3-7;1-4(2)5(8)7-3-6/h1,3-4,7H2,2H3,(H,8,9);1,3,6H2,2H3,(H,7,8). The molecule has 0 aliphatic rings. The van der Waals surface area contributed by atoms with Gasteiger partial charge in [0, 0.05) is 24.2 Å². The highest BCUT2D eigenvalue weighted by Gasteiger charge is 1.96. The Labute approximate surface area is 102 Å². The first-order valence-electron chi connectivity index (χ1n) is 5.14. The molecule has 0 radical (unpaired) electrons. The van der Waals surface area contributed by atoms with Gasteiger partial charge in [0.2, 0.25) is 11.8 Å². The van der Waals surface area contributed by atoms with Gasteiger partial charge in [-0.1, -0.05) is 13.2 Å². The topological polar surface area (TPSA) is 110 Å². The molecule has 0 rings (SSSR count). The smallest absolute Gasteiger partial charge is 0.247 e. The van der Waals surface area contributed by atoms with Crippen LogP contribution in [0.4, 0.5) is 0 Å². The van der Waals surface area contributed by atoms with Crippen LogP contribution in [0.5, 0.6) is 0 Å². The van der Waals surface area contributed by atoms with Crippen LogP contribution in [0.1, 0.15) is 13.8 Å². The number of rotatable bonds is 5. The molecule has 17 heavy (non-hydrogen) atoms. The fourth-order valence-electron chi connectivity index (χ4n) is 0.580. The molecular weight excluding hydrogens is 220 g/mol. The van der Waals surface area contributed by atoms with Crippen LogP contribution in [0.15, 0.2) is 24.3 Å². The summed E-state index contributed by atoms with van der Waals surface area (Å²) in [4.78, 5) is 21.1. The van der Waals surface area contributed by atoms with E-state index in [1.807, 2.05) is 0 Å². The van der Waals surface area contributed by atoms with E-state index < -0.39 is 0 Å². The Bertz CT molecular complexity index is 287. The summed E-state index contributed by atoms with van der Waals surface area (Å²) in [6.07, 6.45) is 0. The molecule has 0 aromatic heterocycles. The van der Waals surface area contributed by atoms with Gasteiger partial charge in [0.1, 0.15) is 0 Å². The second-order valence-corrected chi connectivity index (χ2v) is 3.32. The number of nitrogens with two attached hydrogens (primary N) is 2. The Kier molecular flexibility index (Phi) is 11.3. The highest BCUT2D eigenvalue weighted by molar-refractivity contribution is 5.92. The zero-order chi connectivity index (χ0) is 13.8. The van der Waals surface area contributed by atoms with Crippen molar-refractivity contribution < 1.29 is 9.59 Å². The zero-order valence-electron chi connectivity index (χ0n) is 10.5. The molecule has 0 saturated carbocycles. The average molecular weight is 242 g/mol. The third kappa shape index (κ3) is 12.3. The van der Waals surface area contributed by atoms with Crippen molar-refractivity contribution in [1.29, 1.82) is 0 Å². The Morgan fingerprint density at radius 3 is 1.65 bits per heavy atom. The largest absolute Gasteiger partial charge is 0.351 e. The van der Waals surface area contributed by atoms with E-state index in [-0.39, 0.29) is 18.5 Å². The molecule has 2 amide bonds. The van der Waals surface area contributed by atoms with Gasteiger partial charge in [0.25, 0.3) is 0 Å². The van der Waals surface area contributed by atoms with Crippen LogP contribution in [-0.4, -0.2) is 31.6 Å². The molecule has 6 heteroatoms. The summed E-state index contributed by atoms with van der Waals surface area (Å²) in [6, 6.07) is 0. The molecule has 0 aliphatic heterocycles. The van der Waals surface area contributed by atoms with Gasteiger partial charge < -0.3 is 22.1 Å². The molecule has 6 nitrogen and oxygen atoms in total. The van der Waals surface area contributed by atoms with Crippen LogP contribution in [-0.2, 0) is 9.59 Å². The lowest BCUT2D eigenvalue weighted by Crippen LogP contribution is -2.29. The van der Waals surface area contributed by atoms with E-state index in [0.717, 1.165) is 0 Å². The van der Waals surface area contributed by atoms with E-state index in [1.54, 1.807) is 13.8 Å². The summed E-state index contributed by atoms with van der Waals surface area (Å²) in [5.41, 5.74) is 11.1. The molecule has 0 spiro atoms. The lowest BCUT2D eigenvalue weighted by atomic mass is 10.3. The molecule has 0 heterocycles. The molecule has 0 saturated heterocycles. The Hall–Kier alpha value is -1.66. The fourth-order valence-corrected chi connectivity index (χ4v) is 0.580. The van der Waals surface area contributed by atoms with Gasteiger partial charge in [-0.3, -0.25) is 9.59 Å². The Morgan fingerprint density at radius 1 is 1.00 bits per heavy atom. The van der Waals surface area contributed by atoms with Crippen molar-refractivity contribution in [3.05, 3.63) is 24.3 Å². The maximum Gasteiger partial charge on any atom is 0.247 e. The summed E-state index contributed by atoms with van der Waals surface area (Å²) < 4.78 is 0. The van der Waals surface area contributed by atoms with Crippen molar-refractivity contribution in [1.82, 2.24) is 10.6 Å². The molecule has 98 valence electrons. The SMILES string of the molecule is C=C(C)C(=O)NCCN.C=C(C)C(=O)NCN. The van der Waals surface area contributed by atoms with Gasteiger partial charge in [-0.25, -0.2) is 0 Å². The van der Waals surface area contributed by atoms with E-state index in [9.17, 15) is 9.59 Å². The number of hydrogen-bond acceptors (Lipinski definition) is 4. The van der Waals surface area contributed by atoms with Gasteiger partial charge in [0.15, 0.2) is 0 Å². The first kappa shape index (κ1) is 17.7. The first-order chi connectivity index (χ1) is 7.86. The van der Waals surface area contributed by atoms with E-state index >= 15 is 0 Å². The third-order valence-corrected chi connectivity index (χ3v) is 1.47. The zero-order valence-corrected chi connectivity index (χ0v) is 10.5. The van der Waals surface area contributed by atoms with Crippen LogP contribution < -0.4 is 22.1 Å². The lowest BCUT2D eigenvalue weighted by molar-refractivity contribution is -0.118. The van der Waals surface area contributed by atoms with Gasteiger partial charge in [-0.15, -0.1) is 0 Å². The number of carbonyl (C=O) groups excluding carboxylic acids is 2. The van der Waals surface area contributed by atoms with Crippen LogP contribution in [0.3, 0.4) is 0 Å². The van der Waals surface area contributed by atoms with Gasteiger partial charge in [0.05, 0.1) is 6.67 Å². The number of nitrogens with one attached hydrogen (secondary N) is 2. The van der Waals surface area contributed by atoms with Crippen LogP contribution in [0.25, 0.3) is 0 Å². The van der Waals surface area contributed by atoms with E-state index in [2.05, 4.69) is 23.8 Å². The Balaban J connectivity index is 0. The molecule has 0 fully saturated rings. The molecule has 6 N–H and O–H groups in total. The van der Waals surface area contributed by atoms with Crippen molar-refractivity contribution in [2.45, 2.75) is 13.8 Å². The minimum Gasteiger partial charge on any atom is -0.351 e. The van der Waals surface area contributed by atoms with E-state index in [1.165, 1.54) is 0 Å². The molecule has 0 aromatic carbocycles. The summed E-state index contributed by atoms with van der Waals surface area (Å²) in [7, 11) is 0. The molecule has 0 aliphatic carbocycles. The Morgan fingerprint density at radius 2 is 1.41 bits per heavy atom. The number of amides is 2. The minimum absolute atomic E-state index is 0.125. The van der Waals surface area contributed by atoms with Crippen LogP contribution in [0.2, 0.25) is 0 Å². The molecular formula is C11H22N4O2. The quantitative estimate of drug-likeness (QED) is 0.375.